The standard InChI is InChI=1S/C21H24N6O4S/c28-21-24-15-4-1-5-16(19(15)25-21)27-12-10-26(11-13-27)9-3-8-23-32(29,30)18-7-2-6-17-20(18)22-14-31-17/h1-2,4-7,14,23H,3,8-13H2,(H2,24,25,28). The van der Waals surface area contributed by atoms with E-state index in [2.05, 4.69) is 29.5 Å². The van der Waals surface area contributed by atoms with Gasteiger partial charge in [-0.2, -0.15) is 0 Å². The fraction of sp³-hybridized carbons (Fsp3) is 0.333. The molecule has 32 heavy (non-hydrogen) atoms. The molecular weight excluding hydrogens is 432 g/mol. The van der Waals surface area contributed by atoms with Crippen LogP contribution in [0.15, 0.2) is 56.9 Å². The quantitative estimate of drug-likeness (QED) is 0.360. The molecule has 5 rings (SSSR count). The lowest BCUT2D eigenvalue weighted by Gasteiger charge is -2.36. The summed E-state index contributed by atoms with van der Waals surface area (Å²) in [7, 11) is -3.65. The van der Waals surface area contributed by atoms with Crippen molar-refractivity contribution in [1.82, 2.24) is 24.6 Å². The zero-order chi connectivity index (χ0) is 22.1. The molecule has 1 saturated heterocycles. The molecule has 10 nitrogen and oxygen atoms in total. The number of aromatic nitrogens is 3. The van der Waals surface area contributed by atoms with E-state index in [0.29, 0.717) is 24.1 Å². The minimum atomic E-state index is -3.65. The Morgan fingerprint density at radius 1 is 1.06 bits per heavy atom. The van der Waals surface area contributed by atoms with E-state index in [4.69, 9.17) is 4.42 Å². The van der Waals surface area contributed by atoms with Gasteiger partial charge in [-0.25, -0.2) is 22.9 Å². The molecule has 0 amide bonds. The Morgan fingerprint density at radius 3 is 2.72 bits per heavy atom. The highest BCUT2D eigenvalue weighted by atomic mass is 32.2. The van der Waals surface area contributed by atoms with Gasteiger partial charge in [0.25, 0.3) is 0 Å². The summed E-state index contributed by atoms with van der Waals surface area (Å²) in [5, 5.41) is 0. The lowest BCUT2D eigenvalue weighted by Crippen LogP contribution is -2.47. The topological polar surface area (TPSA) is 127 Å². The van der Waals surface area contributed by atoms with Crippen molar-refractivity contribution in [2.75, 3.05) is 44.2 Å². The smallest absolute Gasteiger partial charge is 0.323 e. The molecule has 0 unspecified atom stereocenters. The van der Waals surface area contributed by atoms with E-state index in [9.17, 15) is 13.2 Å². The average molecular weight is 457 g/mol. The first kappa shape index (κ1) is 20.7. The highest BCUT2D eigenvalue weighted by Crippen LogP contribution is 2.24. The maximum atomic E-state index is 12.7. The third-order valence-corrected chi connectivity index (χ3v) is 7.29. The fourth-order valence-electron chi connectivity index (χ4n) is 4.18. The summed E-state index contributed by atoms with van der Waals surface area (Å²) in [4.78, 5) is 26.1. The van der Waals surface area contributed by atoms with Crippen LogP contribution in [0, 0.1) is 0 Å². The van der Waals surface area contributed by atoms with E-state index < -0.39 is 10.0 Å². The molecule has 1 fully saturated rings. The number of para-hydroxylation sites is 2. The van der Waals surface area contributed by atoms with Gasteiger partial charge in [0.2, 0.25) is 10.0 Å². The first-order valence-corrected chi connectivity index (χ1v) is 12.0. The number of benzene rings is 2. The second kappa shape index (κ2) is 8.41. The van der Waals surface area contributed by atoms with Gasteiger partial charge in [-0.3, -0.25) is 4.90 Å². The molecule has 2 aromatic carbocycles. The predicted octanol–water partition coefficient (Wildman–Crippen LogP) is 1.49. The molecule has 168 valence electrons. The highest BCUT2D eigenvalue weighted by molar-refractivity contribution is 7.89. The summed E-state index contributed by atoms with van der Waals surface area (Å²) in [5.41, 5.74) is 3.26. The Balaban J connectivity index is 1.13. The first-order chi connectivity index (χ1) is 15.5. The van der Waals surface area contributed by atoms with Gasteiger partial charge < -0.3 is 19.3 Å². The van der Waals surface area contributed by atoms with E-state index >= 15 is 0 Å². The summed E-state index contributed by atoms with van der Waals surface area (Å²) < 4.78 is 33.2. The summed E-state index contributed by atoms with van der Waals surface area (Å²) in [6.07, 6.45) is 1.95. The van der Waals surface area contributed by atoms with Gasteiger partial charge in [-0.1, -0.05) is 12.1 Å². The number of hydrogen-bond acceptors (Lipinski definition) is 7. The molecule has 2 aromatic heterocycles. The number of aromatic amines is 2. The van der Waals surface area contributed by atoms with Gasteiger partial charge in [0.05, 0.1) is 16.7 Å². The minimum Gasteiger partial charge on any atom is -0.443 e. The van der Waals surface area contributed by atoms with Crippen LogP contribution in [0.2, 0.25) is 0 Å². The van der Waals surface area contributed by atoms with Gasteiger partial charge in [-0.05, 0) is 37.2 Å². The molecule has 4 aromatic rings. The van der Waals surface area contributed by atoms with E-state index in [1.807, 2.05) is 18.2 Å². The number of nitrogens with one attached hydrogen (secondary N) is 3. The molecular formula is C21H24N6O4S. The third-order valence-electron chi connectivity index (χ3n) is 5.80. The van der Waals surface area contributed by atoms with Crippen LogP contribution in [-0.4, -0.2) is 67.5 Å². The molecule has 0 bridgehead atoms. The van der Waals surface area contributed by atoms with Crippen LogP contribution in [0.25, 0.3) is 22.1 Å². The average Bonchev–Trinajstić information content (AvgIpc) is 3.42. The Bertz CT molecular complexity index is 1400. The molecule has 3 N–H and O–H groups in total. The Kier molecular flexibility index (Phi) is 5.45. The van der Waals surface area contributed by atoms with Gasteiger partial charge in [0.15, 0.2) is 12.0 Å². The minimum absolute atomic E-state index is 0.134. The van der Waals surface area contributed by atoms with Crippen molar-refractivity contribution < 1.29 is 12.8 Å². The van der Waals surface area contributed by atoms with Gasteiger partial charge >= 0.3 is 5.69 Å². The first-order valence-electron chi connectivity index (χ1n) is 10.5. The Labute approximate surface area is 184 Å². The molecule has 0 radical (unpaired) electrons. The van der Waals surface area contributed by atoms with Crippen LogP contribution in [0.4, 0.5) is 5.69 Å². The molecule has 3 heterocycles. The number of anilines is 1. The maximum Gasteiger partial charge on any atom is 0.323 e. The summed E-state index contributed by atoms with van der Waals surface area (Å²) >= 11 is 0. The molecule has 1 aliphatic heterocycles. The van der Waals surface area contributed by atoms with Crippen LogP contribution >= 0.6 is 0 Å². The molecule has 0 atom stereocenters. The molecule has 0 saturated carbocycles. The molecule has 1 aliphatic rings. The number of imidazole rings is 1. The third kappa shape index (κ3) is 4.01. The number of nitrogens with zero attached hydrogens (tertiary/aromatic N) is 3. The van der Waals surface area contributed by atoms with Crippen molar-refractivity contribution in [1.29, 1.82) is 0 Å². The highest BCUT2D eigenvalue weighted by Gasteiger charge is 2.21. The van der Waals surface area contributed by atoms with Crippen LogP contribution in [-0.2, 0) is 10.0 Å². The van der Waals surface area contributed by atoms with E-state index in [1.165, 1.54) is 12.5 Å². The number of sulfonamides is 1. The number of hydrogen-bond donors (Lipinski definition) is 3. The van der Waals surface area contributed by atoms with Gasteiger partial charge in [-0.15, -0.1) is 0 Å². The monoisotopic (exact) mass is 456 g/mol. The van der Waals surface area contributed by atoms with Gasteiger partial charge in [0, 0.05) is 32.7 Å². The van der Waals surface area contributed by atoms with E-state index in [0.717, 1.165) is 49.4 Å². The zero-order valence-corrected chi connectivity index (χ0v) is 18.2. The zero-order valence-electron chi connectivity index (χ0n) is 17.4. The van der Waals surface area contributed by atoms with Gasteiger partial charge in [0.1, 0.15) is 10.4 Å². The predicted molar refractivity (Wildman–Crippen MR) is 121 cm³/mol. The van der Waals surface area contributed by atoms with Crippen molar-refractivity contribution in [2.24, 2.45) is 0 Å². The van der Waals surface area contributed by atoms with Crippen molar-refractivity contribution in [3.63, 3.8) is 0 Å². The van der Waals surface area contributed by atoms with Crippen LogP contribution in [0.5, 0.6) is 0 Å². The summed E-state index contributed by atoms with van der Waals surface area (Å²) in [6.45, 7) is 4.57. The van der Waals surface area contributed by atoms with Crippen molar-refractivity contribution in [3.8, 4) is 0 Å². The second-order valence-electron chi connectivity index (χ2n) is 7.81. The SMILES string of the molecule is O=c1[nH]c2cccc(N3CCN(CCCNS(=O)(=O)c4cccc5ocnc45)CC3)c2[nH]1. The Hall–Kier alpha value is -3.15. The number of rotatable bonds is 7. The van der Waals surface area contributed by atoms with Crippen molar-refractivity contribution in [3.05, 3.63) is 53.3 Å². The molecule has 0 aliphatic carbocycles. The van der Waals surface area contributed by atoms with Crippen molar-refractivity contribution in [2.45, 2.75) is 11.3 Å². The molecule has 11 heteroatoms. The summed E-state index contributed by atoms with van der Waals surface area (Å²) in [6, 6.07) is 10.7. The summed E-state index contributed by atoms with van der Waals surface area (Å²) in [5.74, 6) is 0. The second-order valence-corrected chi connectivity index (χ2v) is 9.55. The number of oxazole rings is 1. The fourth-order valence-corrected chi connectivity index (χ4v) is 5.42. The van der Waals surface area contributed by atoms with Crippen LogP contribution in [0.1, 0.15) is 6.42 Å². The van der Waals surface area contributed by atoms with Crippen molar-refractivity contribution >= 4 is 37.8 Å². The van der Waals surface area contributed by atoms with E-state index in [-0.39, 0.29) is 10.6 Å². The number of fused-ring (bicyclic) bond motifs is 2. The van der Waals surface area contributed by atoms with Crippen LogP contribution < -0.4 is 15.3 Å². The molecule has 0 spiro atoms. The lowest BCUT2D eigenvalue weighted by atomic mass is 10.2. The maximum absolute atomic E-state index is 12.7. The number of piperazine rings is 1. The van der Waals surface area contributed by atoms with Crippen LogP contribution in [0.3, 0.4) is 0 Å². The number of H-pyrrole nitrogens is 2. The Morgan fingerprint density at radius 2 is 1.88 bits per heavy atom. The lowest BCUT2D eigenvalue weighted by molar-refractivity contribution is 0.255. The van der Waals surface area contributed by atoms with E-state index in [1.54, 1.807) is 12.1 Å². The normalized spacial score (nSPS) is 15.7. The largest absolute Gasteiger partial charge is 0.443 e.